The van der Waals surface area contributed by atoms with Gasteiger partial charge < -0.3 is 21.4 Å². The maximum absolute atomic E-state index is 15.0. The molecule has 0 spiro atoms. The molecule has 4 rings (SSSR count). The van der Waals surface area contributed by atoms with E-state index < -0.39 is 52.5 Å². The van der Waals surface area contributed by atoms with Gasteiger partial charge in [0, 0.05) is 29.6 Å². The van der Waals surface area contributed by atoms with Crippen molar-refractivity contribution in [1.82, 2.24) is 20.6 Å². The first-order chi connectivity index (χ1) is 18.9. The molecule has 0 aromatic carbocycles. The molecule has 2 aromatic heterocycles. The van der Waals surface area contributed by atoms with E-state index in [9.17, 15) is 31.5 Å². The summed E-state index contributed by atoms with van der Waals surface area (Å²) in [5.74, 6) is -4.26. The third-order valence-corrected chi connectivity index (χ3v) is 6.80. The van der Waals surface area contributed by atoms with Crippen LogP contribution in [-0.4, -0.2) is 40.1 Å². The minimum absolute atomic E-state index is 0.103. The molecule has 2 aliphatic rings. The average molecular weight is 565 g/mol. The zero-order valence-electron chi connectivity index (χ0n) is 21.8. The molecule has 8 nitrogen and oxygen atoms in total. The number of pyridine rings is 2. The summed E-state index contributed by atoms with van der Waals surface area (Å²) in [7, 11) is 0. The van der Waals surface area contributed by atoms with E-state index in [1.807, 2.05) is 13.8 Å². The number of hydrogen-bond acceptors (Lipinski definition) is 6. The van der Waals surface area contributed by atoms with Crippen molar-refractivity contribution in [2.24, 2.45) is 17.8 Å². The van der Waals surface area contributed by atoms with Crippen molar-refractivity contribution in [3.05, 3.63) is 53.6 Å². The van der Waals surface area contributed by atoms with Crippen LogP contribution in [0.25, 0.3) is 11.1 Å². The van der Waals surface area contributed by atoms with Crippen molar-refractivity contribution < 1.29 is 31.5 Å². The van der Waals surface area contributed by atoms with E-state index in [-0.39, 0.29) is 35.3 Å². The predicted molar refractivity (Wildman–Crippen MR) is 137 cm³/mol. The lowest BCUT2D eigenvalue weighted by Gasteiger charge is -2.28. The van der Waals surface area contributed by atoms with E-state index in [0.717, 1.165) is 44.0 Å². The summed E-state index contributed by atoms with van der Waals surface area (Å²) in [6.07, 6.45) is 1.80. The number of nitrogens with one attached hydrogen (secondary N) is 4. The molecular formula is C27H29F5N6O2. The number of nitrogens with zero attached hydrogens (tertiary/aromatic N) is 2. The Morgan fingerprint density at radius 3 is 2.20 bits per heavy atom. The summed E-state index contributed by atoms with van der Waals surface area (Å²) in [6.45, 7) is 3.63. The van der Waals surface area contributed by atoms with Crippen LogP contribution in [0.2, 0.25) is 0 Å². The summed E-state index contributed by atoms with van der Waals surface area (Å²) in [6, 6.07) is 0.936. The van der Waals surface area contributed by atoms with Gasteiger partial charge in [-0.25, -0.2) is 9.37 Å². The van der Waals surface area contributed by atoms with Crippen LogP contribution in [-0.2, 0) is 15.8 Å². The van der Waals surface area contributed by atoms with Gasteiger partial charge in [0.1, 0.15) is 23.1 Å². The molecule has 2 amide bonds. The quantitative estimate of drug-likeness (QED) is 0.135. The van der Waals surface area contributed by atoms with Gasteiger partial charge in [0.05, 0.1) is 6.20 Å². The van der Waals surface area contributed by atoms with Gasteiger partial charge in [-0.3, -0.25) is 14.6 Å². The molecule has 2 heterocycles. The smallest absolute Gasteiger partial charge is 0.378 e. The van der Waals surface area contributed by atoms with E-state index in [1.54, 1.807) is 0 Å². The van der Waals surface area contributed by atoms with E-state index in [4.69, 9.17) is 5.41 Å². The van der Waals surface area contributed by atoms with Gasteiger partial charge >= 0.3 is 6.18 Å². The first-order valence-electron chi connectivity index (χ1n) is 12.9. The highest BCUT2D eigenvalue weighted by molar-refractivity contribution is 6.02. The van der Waals surface area contributed by atoms with E-state index >= 15 is 0 Å². The fraction of sp³-hybridized carbons (Fsp3) is 0.444. The molecular weight excluding hydrogens is 535 g/mol. The second kappa shape index (κ2) is 11.7. The van der Waals surface area contributed by atoms with Crippen molar-refractivity contribution >= 4 is 23.8 Å². The zero-order chi connectivity index (χ0) is 29.2. The Hall–Kier alpha value is -3.90. The normalized spacial score (nSPS) is 16.6. The van der Waals surface area contributed by atoms with Crippen LogP contribution in [0.3, 0.4) is 0 Å². The summed E-state index contributed by atoms with van der Waals surface area (Å²) in [4.78, 5) is 33.6. The molecule has 1 unspecified atom stereocenters. The van der Waals surface area contributed by atoms with Gasteiger partial charge in [-0.15, -0.1) is 0 Å². The van der Waals surface area contributed by atoms with Gasteiger partial charge in [0.2, 0.25) is 11.9 Å². The lowest BCUT2D eigenvalue weighted by atomic mass is 9.88. The van der Waals surface area contributed by atoms with Crippen LogP contribution in [0.5, 0.6) is 0 Å². The van der Waals surface area contributed by atoms with Crippen molar-refractivity contribution in [3.63, 3.8) is 0 Å². The number of allylic oxidation sites excluding steroid dienone is 1. The monoisotopic (exact) mass is 564 g/mol. The second-order valence-electron chi connectivity index (χ2n) is 10.3. The number of halogens is 5. The second-order valence-corrected chi connectivity index (χ2v) is 10.3. The largest absolute Gasteiger partial charge is 0.419 e. The highest BCUT2D eigenvalue weighted by atomic mass is 19.4. The fourth-order valence-corrected chi connectivity index (χ4v) is 4.87. The van der Waals surface area contributed by atoms with E-state index in [1.165, 1.54) is 6.08 Å². The number of rotatable bonds is 11. The van der Waals surface area contributed by atoms with E-state index in [0.29, 0.717) is 12.4 Å². The predicted octanol–water partition coefficient (Wildman–Crippen LogP) is 4.83. The molecule has 4 N–H and O–H groups in total. The van der Waals surface area contributed by atoms with Crippen LogP contribution in [0.4, 0.5) is 27.8 Å². The summed E-state index contributed by atoms with van der Waals surface area (Å²) < 4.78 is 69.2. The summed E-state index contributed by atoms with van der Waals surface area (Å²) in [5, 5.41) is 15.5. The molecule has 40 heavy (non-hydrogen) atoms. The number of hydrogen-bond donors (Lipinski definition) is 4. The van der Waals surface area contributed by atoms with Crippen LogP contribution in [0.1, 0.15) is 45.1 Å². The van der Waals surface area contributed by atoms with Crippen molar-refractivity contribution in [3.8, 4) is 11.1 Å². The van der Waals surface area contributed by atoms with E-state index in [2.05, 4.69) is 25.9 Å². The maximum atomic E-state index is 15.0. The number of aromatic nitrogens is 2. The molecule has 0 aliphatic heterocycles. The lowest BCUT2D eigenvalue weighted by molar-refractivity contribution is -0.139. The Morgan fingerprint density at radius 1 is 1.02 bits per heavy atom. The number of amides is 2. The number of alkyl halides is 3. The van der Waals surface area contributed by atoms with Gasteiger partial charge in [0.25, 0.3) is 5.91 Å². The summed E-state index contributed by atoms with van der Waals surface area (Å²) >= 11 is 0. The van der Waals surface area contributed by atoms with Crippen molar-refractivity contribution in [2.75, 3.05) is 5.32 Å². The molecule has 2 aromatic rings. The minimum atomic E-state index is -5.11. The molecule has 2 aliphatic carbocycles. The SMILES string of the molecule is CC(C)N/C(=C\C=N)C(=O)NC(C(=O)Nc1ccc(-c2cncc(F)c2C(F)(F)F)c(F)n1)C(C1CC1)C1CC1. The fourth-order valence-electron chi connectivity index (χ4n) is 4.87. The maximum Gasteiger partial charge on any atom is 0.419 e. The topological polar surface area (TPSA) is 120 Å². The van der Waals surface area contributed by atoms with Gasteiger partial charge in [-0.1, -0.05) is 0 Å². The molecule has 0 bridgehead atoms. The first-order valence-corrected chi connectivity index (χ1v) is 12.9. The Kier molecular flexibility index (Phi) is 8.50. The van der Waals surface area contributed by atoms with Gasteiger partial charge in [0.15, 0.2) is 5.82 Å². The molecule has 1 atom stereocenters. The van der Waals surface area contributed by atoms with Crippen molar-refractivity contribution in [2.45, 2.75) is 57.8 Å². The third kappa shape index (κ3) is 6.80. The summed E-state index contributed by atoms with van der Waals surface area (Å²) in [5.41, 5.74) is -3.04. The Morgan fingerprint density at radius 2 is 1.68 bits per heavy atom. The highest BCUT2D eigenvalue weighted by Crippen LogP contribution is 2.51. The number of anilines is 1. The number of carbonyl (C=O) groups is 2. The molecule has 2 saturated carbocycles. The Labute approximate surface area is 227 Å². The number of carbonyl (C=O) groups excluding carboxylic acids is 2. The Bertz CT molecular complexity index is 1310. The molecule has 0 radical (unpaired) electrons. The zero-order valence-corrected chi connectivity index (χ0v) is 21.8. The lowest BCUT2D eigenvalue weighted by Crippen LogP contribution is -2.51. The highest BCUT2D eigenvalue weighted by Gasteiger charge is 2.48. The van der Waals surface area contributed by atoms with Crippen LogP contribution < -0.4 is 16.0 Å². The first kappa shape index (κ1) is 29.1. The molecule has 2 fully saturated rings. The average Bonchev–Trinajstić information content (AvgIpc) is 3.78. The minimum Gasteiger partial charge on any atom is -0.378 e. The molecule has 214 valence electrons. The third-order valence-electron chi connectivity index (χ3n) is 6.80. The van der Waals surface area contributed by atoms with Gasteiger partial charge in [-0.05, 0) is 75.5 Å². The van der Waals surface area contributed by atoms with Crippen LogP contribution >= 0.6 is 0 Å². The van der Waals surface area contributed by atoms with Crippen LogP contribution in [0, 0.1) is 34.9 Å². The van der Waals surface area contributed by atoms with Crippen LogP contribution in [0.15, 0.2) is 36.3 Å². The Balaban J connectivity index is 1.60. The van der Waals surface area contributed by atoms with Crippen molar-refractivity contribution in [1.29, 1.82) is 5.41 Å². The standard InChI is InChI=1S/C27H29F5N6O2/c1-13(2)35-19(9-10-33)25(39)38-23(21(14-3-4-14)15-5-6-15)26(40)37-20-8-7-16(24(29)36-20)17-11-34-12-18(28)22(17)27(30,31)32/h7-15,21,23,33,35H,3-6H2,1-2H3,(H,38,39)(H,36,37,40)/b19-9-,33-10?. The van der Waals surface area contributed by atoms with Gasteiger partial charge in [-0.2, -0.15) is 17.6 Å². The molecule has 13 heteroatoms. The molecule has 0 saturated heterocycles.